The minimum atomic E-state index is -0.426. The van der Waals surface area contributed by atoms with Crippen LogP contribution in [0.1, 0.15) is 12.5 Å². The third kappa shape index (κ3) is 4.37. The smallest absolute Gasteiger partial charge is 0.262 e. The lowest BCUT2D eigenvalue weighted by atomic mass is 10.1. The van der Waals surface area contributed by atoms with Gasteiger partial charge in [0.25, 0.3) is 5.91 Å². The van der Waals surface area contributed by atoms with E-state index in [4.69, 9.17) is 11.6 Å². The van der Waals surface area contributed by atoms with Crippen LogP contribution in [0, 0.1) is 0 Å². The second kappa shape index (κ2) is 7.81. The van der Waals surface area contributed by atoms with Gasteiger partial charge in [0.1, 0.15) is 6.04 Å². The molecular weight excluding hydrogens is 334 g/mol. The van der Waals surface area contributed by atoms with E-state index < -0.39 is 6.04 Å². The van der Waals surface area contributed by atoms with Gasteiger partial charge in [0.05, 0.1) is 6.21 Å². The first kappa shape index (κ1) is 17.0. The van der Waals surface area contributed by atoms with Gasteiger partial charge in [0.15, 0.2) is 0 Å². The molecule has 0 aliphatic heterocycles. The predicted octanol–water partition coefficient (Wildman–Crippen LogP) is 4.44. The molecule has 0 saturated heterocycles. The summed E-state index contributed by atoms with van der Waals surface area (Å²) in [6.45, 7) is 1.79. The molecule has 0 radical (unpaired) electrons. The molecular formula is C20H18ClN3O. The van der Waals surface area contributed by atoms with Crippen LogP contribution in [0.4, 0.5) is 5.69 Å². The Morgan fingerprint density at radius 1 is 1.04 bits per heavy atom. The maximum absolute atomic E-state index is 12.2. The highest BCUT2D eigenvalue weighted by Crippen LogP contribution is 2.19. The van der Waals surface area contributed by atoms with Gasteiger partial charge in [0.2, 0.25) is 0 Å². The summed E-state index contributed by atoms with van der Waals surface area (Å²) in [7, 11) is 0. The van der Waals surface area contributed by atoms with E-state index in [1.54, 1.807) is 13.0 Å². The van der Waals surface area contributed by atoms with Crippen LogP contribution < -0.4 is 10.7 Å². The van der Waals surface area contributed by atoms with Crippen LogP contribution >= 0.6 is 11.6 Å². The van der Waals surface area contributed by atoms with Crippen molar-refractivity contribution in [3.8, 4) is 0 Å². The Morgan fingerprint density at radius 2 is 1.76 bits per heavy atom. The molecule has 1 amide bonds. The van der Waals surface area contributed by atoms with E-state index >= 15 is 0 Å². The number of amides is 1. The van der Waals surface area contributed by atoms with Crippen molar-refractivity contribution in [3.63, 3.8) is 0 Å². The summed E-state index contributed by atoms with van der Waals surface area (Å²) in [5, 5.41) is 10.0. The minimum absolute atomic E-state index is 0.225. The lowest BCUT2D eigenvalue weighted by Crippen LogP contribution is -2.34. The number of benzene rings is 3. The van der Waals surface area contributed by atoms with Crippen molar-refractivity contribution in [2.45, 2.75) is 13.0 Å². The fourth-order valence-corrected chi connectivity index (χ4v) is 2.62. The van der Waals surface area contributed by atoms with Gasteiger partial charge < -0.3 is 5.32 Å². The number of nitrogens with zero attached hydrogens (tertiary/aromatic N) is 1. The van der Waals surface area contributed by atoms with Crippen molar-refractivity contribution in [3.05, 3.63) is 77.3 Å². The van der Waals surface area contributed by atoms with Crippen molar-refractivity contribution in [1.29, 1.82) is 0 Å². The van der Waals surface area contributed by atoms with Gasteiger partial charge in [0, 0.05) is 16.3 Å². The number of halogens is 1. The summed E-state index contributed by atoms with van der Waals surface area (Å²) in [5.74, 6) is -0.225. The molecule has 0 spiro atoms. The average Bonchev–Trinajstić information content (AvgIpc) is 2.63. The molecule has 3 rings (SSSR count). The summed E-state index contributed by atoms with van der Waals surface area (Å²) >= 11 is 6.04. The first-order valence-electron chi connectivity index (χ1n) is 7.96. The molecule has 0 bridgehead atoms. The monoisotopic (exact) mass is 351 g/mol. The zero-order chi connectivity index (χ0) is 17.6. The summed E-state index contributed by atoms with van der Waals surface area (Å²) < 4.78 is 0. The lowest BCUT2D eigenvalue weighted by Gasteiger charge is -2.14. The van der Waals surface area contributed by atoms with Gasteiger partial charge in [-0.25, -0.2) is 5.43 Å². The normalized spacial score (nSPS) is 12.2. The van der Waals surface area contributed by atoms with Gasteiger partial charge in [-0.05, 0) is 35.9 Å². The number of nitrogens with one attached hydrogen (secondary N) is 2. The van der Waals surface area contributed by atoms with Crippen LogP contribution in [0.25, 0.3) is 10.8 Å². The Morgan fingerprint density at radius 3 is 2.56 bits per heavy atom. The third-order valence-corrected chi connectivity index (χ3v) is 4.15. The van der Waals surface area contributed by atoms with E-state index in [1.807, 2.05) is 54.6 Å². The molecule has 25 heavy (non-hydrogen) atoms. The number of hydrogen-bond donors (Lipinski definition) is 2. The van der Waals surface area contributed by atoms with Crippen molar-refractivity contribution in [1.82, 2.24) is 5.43 Å². The zero-order valence-corrected chi connectivity index (χ0v) is 14.5. The molecule has 0 aliphatic carbocycles. The molecule has 2 N–H and O–H groups in total. The average molecular weight is 352 g/mol. The number of carbonyl (C=O) groups excluding carboxylic acids is 1. The van der Waals surface area contributed by atoms with Crippen molar-refractivity contribution >= 4 is 40.2 Å². The topological polar surface area (TPSA) is 53.5 Å². The van der Waals surface area contributed by atoms with E-state index in [0.717, 1.165) is 22.0 Å². The van der Waals surface area contributed by atoms with Gasteiger partial charge in [-0.3, -0.25) is 4.79 Å². The first-order chi connectivity index (χ1) is 12.1. The Balaban J connectivity index is 1.61. The molecule has 0 fully saturated rings. The highest BCUT2D eigenvalue weighted by atomic mass is 35.5. The van der Waals surface area contributed by atoms with Gasteiger partial charge in [-0.1, -0.05) is 60.1 Å². The largest absolute Gasteiger partial charge is 0.374 e. The van der Waals surface area contributed by atoms with Crippen LogP contribution in [0.5, 0.6) is 0 Å². The second-order valence-electron chi connectivity index (χ2n) is 5.68. The zero-order valence-electron chi connectivity index (χ0n) is 13.7. The molecule has 0 aliphatic rings. The van der Waals surface area contributed by atoms with Crippen LogP contribution in [-0.2, 0) is 4.79 Å². The molecule has 1 atom stereocenters. The number of rotatable bonds is 5. The van der Waals surface area contributed by atoms with E-state index in [1.165, 1.54) is 6.21 Å². The van der Waals surface area contributed by atoms with Gasteiger partial charge in [-0.2, -0.15) is 5.10 Å². The highest BCUT2D eigenvalue weighted by molar-refractivity contribution is 6.33. The fraction of sp³-hybridized carbons (Fsp3) is 0.100. The fourth-order valence-electron chi connectivity index (χ4n) is 2.44. The number of anilines is 1. The summed E-state index contributed by atoms with van der Waals surface area (Å²) in [4.78, 5) is 12.2. The number of carbonyl (C=O) groups is 1. The molecule has 5 heteroatoms. The quantitative estimate of drug-likeness (QED) is 0.527. The standard InChI is InChI=1S/C20H18ClN3O/c1-14(20(25)24-22-13-17-8-4-5-9-19(17)21)23-18-11-10-15-6-2-3-7-16(15)12-18/h2-14,23H,1H3,(H,24,25)/t14-/m0/s1. The first-order valence-corrected chi connectivity index (χ1v) is 8.34. The molecule has 4 nitrogen and oxygen atoms in total. The summed E-state index contributed by atoms with van der Waals surface area (Å²) in [6.07, 6.45) is 1.53. The maximum Gasteiger partial charge on any atom is 0.262 e. The molecule has 0 heterocycles. The second-order valence-corrected chi connectivity index (χ2v) is 6.09. The van der Waals surface area contributed by atoms with Gasteiger partial charge >= 0.3 is 0 Å². The van der Waals surface area contributed by atoms with Crippen LogP contribution in [0.3, 0.4) is 0 Å². The van der Waals surface area contributed by atoms with Crippen LogP contribution in [-0.4, -0.2) is 18.2 Å². The Labute approximate surface area is 151 Å². The van der Waals surface area contributed by atoms with Crippen molar-refractivity contribution in [2.24, 2.45) is 5.10 Å². The molecule has 0 unspecified atom stereocenters. The Kier molecular flexibility index (Phi) is 5.31. The molecule has 0 saturated carbocycles. The van der Waals surface area contributed by atoms with Crippen molar-refractivity contribution in [2.75, 3.05) is 5.32 Å². The number of hydrazone groups is 1. The van der Waals surface area contributed by atoms with Crippen LogP contribution in [0.2, 0.25) is 5.02 Å². The van der Waals surface area contributed by atoms with E-state index in [9.17, 15) is 4.79 Å². The number of fused-ring (bicyclic) bond motifs is 1. The molecule has 126 valence electrons. The van der Waals surface area contributed by atoms with E-state index in [-0.39, 0.29) is 5.91 Å². The minimum Gasteiger partial charge on any atom is -0.374 e. The number of hydrogen-bond acceptors (Lipinski definition) is 3. The predicted molar refractivity (Wildman–Crippen MR) is 104 cm³/mol. The van der Waals surface area contributed by atoms with Crippen molar-refractivity contribution < 1.29 is 4.79 Å². The lowest BCUT2D eigenvalue weighted by molar-refractivity contribution is -0.121. The highest BCUT2D eigenvalue weighted by Gasteiger charge is 2.11. The third-order valence-electron chi connectivity index (χ3n) is 3.81. The summed E-state index contributed by atoms with van der Waals surface area (Å²) in [5.41, 5.74) is 4.16. The molecule has 3 aromatic rings. The Hall–Kier alpha value is -2.85. The Bertz CT molecular complexity index is 923. The van der Waals surface area contributed by atoms with Crippen LogP contribution in [0.15, 0.2) is 71.8 Å². The molecule has 0 aromatic heterocycles. The van der Waals surface area contributed by atoms with E-state index in [0.29, 0.717) is 5.02 Å². The SMILES string of the molecule is C[C@H](Nc1ccc2ccccc2c1)C(=O)NN=Cc1ccccc1Cl. The van der Waals surface area contributed by atoms with Gasteiger partial charge in [-0.15, -0.1) is 0 Å². The van der Waals surface area contributed by atoms with E-state index in [2.05, 4.69) is 21.9 Å². The summed E-state index contributed by atoms with van der Waals surface area (Å²) in [6, 6.07) is 21.0. The maximum atomic E-state index is 12.2. The molecule has 3 aromatic carbocycles.